The van der Waals surface area contributed by atoms with Crippen molar-refractivity contribution in [3.8, 4) is 5.75 Å². The van der Waals surface area contributed by atoms with Gasteiger partial charge < -0.3 is 9.64 Å². The summed E-state index contributed by atoms with van der Waals surface area (Å²) < 4.78 is 5.74. The van der Waals surface area contributed by atoms with Crippen LogP contribution in [0.3, 0.4) is 0 Å². The van der Waals surface area contributed by atoms with E-state index in [9.17, 15) is 10.1 Å². The van der Waals surface area contributed by atoms with Gasteiger partial charge in [-0.05, 0) is 55.2 Å². The van der Waals surface area contributed by atoms with Crippen LogP contribution in [0.4, 0.5) is 5.69 Å². The molecule has 2 aromatic rings. The van der Waals surface area contributed by atoms with Gasteiger partial charge >= 0.3 is 0 Å². The number of rotatable bonds is 5. The number of hydrogen-bond acceptors (Lipinski definition) is 4. The molecule has 26 heavy (non-hydrogen) atoms. The fourth-order valence-corrected chi connectivity index (χ4v) is 3.45. The molecule has 0 aliphatic carbocycles. The van der Waals surface area contributed by atoms with E-state index in [-0.39, 0.29) is 12.3 Å². The average molecular weight is 391 g/mol. The van der Waals surface area contributed by atoms with E-state index in [0.29, 0.717) is 10.8 Å². The van der Waals surface area contributed by atoms with E-state index in [1.165, 1.54) is 31.4 Å². The van der Waals surface area contributed by atoms with E-state index in [1.54, 1.807) is 12.1 Å². The Morgan fingerprint density at radius 1 is 1.15 bits per heavy atom. The van der Waals surface area contributed by atoms with Crippen molar-refractivity contribution in [3.63, 3.8) is 0 Å². The van der Waals surface area contributed by atoms with Crippen LogP contribution in [0.5, 0.6) is 5.75 Å². The molecule has 0 spiro atoms. The summed E-state index contributed by atoms with van der Waals surface area (Å²) in [5.41, 5.74) is 1.82. The molecule has 1 fully saturated rings. The Morgan fingerprint density at radius 2 is 1.85 bits per heavy atom. The lowest BCUT2D eigenvalue weighted by Gasteiger charge is -2.29. The van der Waals surface area contributed by atoms with Crippen LogP contribution in [0, 0.1) is 10.1 Å². The SMILES string of the molecule is O=[N+]([O-])c1ccc(COc2ccc(C(=S)N3CCCCC3)cc2Cl)cc1. The third-order valence-electron chi connectivity index (χ3n) is 4.36. The summed E-state index contributed by atoms with van der Waals surface area (Å²) in [5, 5.41) is 11.2. The van der Waals surface area contributed by atoms with Crippen molar-refractivity contribution >= 4 is 34.5 Å². The molecule has 3 rings (SSSR count). The molecule has 1 aliphatic rings. The topological polar surface area (TPSA) is 55.6 Å². The summed E-state index contributed by atoms with van der Waals surface area (Å²) >= 11 is 11.9. The van der Waals surface area contributed by atoms with E-state index in [1.807, 2.05) is 18.2 Å². The number of piperidine rings is 1. The highest BCUT2D eigenvalue weighted by Crippen LogP contribution is 2.28. The van der Waals surface area contributed by atoms with Gasteiger partial charge in [0.15, 0.2) is 0 Å². The molecule has 0 amide bonds. The first-order valence-corrected chi connectivity index (χ1v) is 9.28. The lowest BCUT2D eigenvalue weighted by Crippen LogP contribution is -2.34. The zero-order valence-electron chi connectivity index (χ0n) is 14.2. The molecule has 136 valence electrons. The maximum Gasteiger partial charge on any atom is 0.269 e. The van der Waals surface area contributed by atoms with Crippen LogP contribution in [-0.4, -0.2) is 27.9 Å². The molecule has 0 bridgehead atoms. The highest BCUT2D eigenvalue weighted by atomic mass is 35.5. The number of ether oxygens (including phenoxy) is 1. The molecule has 0 radical (unpaired) electrons. The summed E-state index contributed by atoms with van der Waals surface area (Å²) in [6.45, 7) is 2.28. The van der Waals surface area contributed by atoms with Crippen LogP contribution in [0.2, 0.25) is 5.02 Å². The number of hydrogen-bond donors (Lipinski definition) is 0. The van der Waals surface area contributed by atoms with Gasteiger partial charge in [-0.3, -0.25) is 10.1 Å². The van der Waals surface area contributed by atoms with E-state index >= 15 is 0 Å². The van der Waals surface area contributed by atoms with E-state index < -0.39 is 4.92 Å². The Kier molecular flexibility index (Phi) is 6.06. The quantitative estimate of drug-likeness (QED) is 0.409. The molecule has 0 N–H and O–H groups in total. The minimum absolute atomic E-state index is 0.0577. The second-order valence-electron chi connectivity index (χ2n) is 6.21. The van der Waals surface area contributed by atoms with Gasteiger partial charge in [0.1, 0.15) is 17.3 Å². The molecule has 0 atom stereocenters. The monoisotopic (exact) mass is 390 g/mol. The summed E-state index contributed by atoms with van der Waals surface area (Å²) in [6, 6.07) is 11.8. The fraction of sp³-hybridized carbons (Fsp3) is 0.316. The maximum absolute atomic E-state index is 10.7. The van der Waals surface area contributed by atoms with E-state index in [2.05, 4.69) is 4.90 Å². The number of nitro groups is 1. The van der Waals surface area contributed by atoms with Gasteiger partial charge in [-0.25, -0.2) is 0 Å². The average Bonchev–Trinajstić information content (AvgIpc) is 2.67. The number of thiocarbonyl (C=S) groups is 1. The number of likely N-dealkylation sites (tertiary alicyclic amines) is 1. The first-order valence-electron chi connectivity index (χ1n) is 8.49. The van der Waals surface area contributed by atoms with Crippen molar-refractivity contribution < 1.29 is 9.66 Å². The van der Waals surface area contributed by atoms with Gasteiger partial charge in [0.2, 0.25) is 0 Å². The molecule has 1 heterocycles. The second-order valence-corrected chi connectivity index (χ2v) is 7.00. The van der Waals surface area contributed by atoms with Crippen molar-refractivity contribution in [1.29, 1.82) is 0 Å². The maximum atomic E-state index is 10.7. The molecule has 0 saturated carbocycles. The zero-order valence-corrected chi connectivity index (χ0v) is 15.8. The second kappa shape index (κ2) is 8.47. The number of benzene rings is 2. The van der Waals surface area contributed by atoms with Crippen LogP contribution in [0.25, 0.3) is 0 Å². The normalized spacial score (nSPS) is 14.1. The molecule has 1 saturated heterocycles. The third-order valence-corrected chi connectivity index (χ3v) is 5.15. The van der Waals surface area contributed by atoms with Crippen LogP contribution in [-0.2, 0) is 6.61 Å². The predicted molar refractivity (Wildman–Crippen MR) is 106 cm³/mol. The molecule has 0 unspecified atom stereocenters. The van der Waals surface area contributed by atoms with Crippen molar-refractivity contribution in [3.05, 3.63) is 68.7 Å². The van der Waals surface area contributed by atoms with Crippen LogP contribution in [0.15, 0.2) is 42.5 Å². The highest BCUT2D eigenvalue weighted by molar-refractivity contribution is 7.80. The molecule has 5 nitrogen and oxygen atoms in total. The van der Waals surface area contributed by atoms with Gasteiger partial charge in [-0.15, -0.1) is 0 Å². The van der Waals surface area contributed by atoms with Crippen molar-refractivity contribution in [2.24, 2.45) is 0 Å². The van der Waals surface area contributed by atoms with Crippen molar-refractivity contribution in [2.75, 3.05) is 13.1 Å². The first-order chi connectivity index (χ1) is 12.5. The van der Waals surface area contributed by atoms with Gasteiger partial charge in [0, 0.05) is 30.8 Å². The highest BCUT2D eigenvalue weighted by Gasteiger charge is 2.16. The van der Waals surface area contributed by atoms with Crippen molar-refractivity contribution in [2.45, 2.75) is 25.9 Å². The Labute approximate surface area is 162 Å². The standard InChI is InChI=1S/C19H19ClN2O3S/c20-17-12-15(19(26)21-10-2-1-3-11-21)6-9-18(17)25-13-14-4-7-16(8-5-14)22(23)24/h4-9,12H,1-3,10-11,13H2. The molecular formula is C19H19ClN2O3S. The van der Waals surface area contributed by atoms with Crippen LogP contribution >= 0.6 is 23.8 Å². The fourth-order valence-electron chi connectivity index (χ4n) is 2.91. The Morgan fingerprint density at radius 3 is 2.46 bits per heavy atom. The minimum atomic E-state index is -0.425. The summed E-state index contributed by atoms with van der Waals surface area (Å²) in [7, 11) is 0. The molecule has 1 aliphatic heterocycles. The van der Waals surface area contributed by atoms with Gasteiger partial charge in [-0.2, -0.15) is 0 Å². The number of non-ortho nitro benzene ring substituents is 1. The Balaban J connectivity index is 1.63. The van der Waals surface area contributed by atoms with Crippen LogP contribution < -0.4 is 4.74 Å². The zero-order chi connectivity index (χ0) is 18.5. The molecule has 2 aromatic carbocycles. The molecular weight excluding hydrogens is 372 g/mol. The summed E-state index contributed by atoms with van der Waals surface area (Å²) in [5.74, 6) is 0.565. The number of halogens is 1. The van der Waals surface area contributed by atoms with Gasteiger partial charge in [-0.1, -0.05) is 23.8 Å². The van der Waals surface area contributed by atoms with E-state index in [0.717, 1.165) is 29.2 Å². The number of nitrogens with zero attached hydrogens (tertiary/aromatic N) is 2. The lowest BCUT2D eigenvalue weighted by molar-refractivity contribution is -0.384. The van der Waals surface area contributed by atoms with Gasteiger partial charge in [0.05, 0.1) is 9.95 Å². The molecule has 7 heteroatoms. The largest absolute Gasteiger partial charge is 0.487 e. The minimum Gasteiger partial charge on any atom is -0.487 e. The predicted octanol–water partition coefficient (Wildman–Crippen LogP) is 4.99. The summed E-state index contributed by atoms with van der Waals surface area (Å²) in [6.07, 6.45) is 3.60. The third kappa shape index (κ3) is 4.51. The van der Waals surface area contributed by atoms with Crippen LogP contribution in [0.1, 0.15) is 30.4 Å². The first kappa shape index (κ1) is 18.6. The number of nitro benzene ring substituents is 1. The lowest BCUT2D eigenvalue weighted by atomic mass is 10.1. The Bertz CT molecular complexity index is 805. The summed E-state index contributed by atoms with van der Waals surface area (Å²) in [4.78, 5) is 13.3. The van der Waals surface area contributed by atoms with Gasteiger partial charge in [0.25, 0.3) is 5.69 Å². The van der Waals surface area contributed by atoms with E-state index in [4.69, 9.17) is 28.6 Å². The molecule has 0 aromatic heterocycles. The Hall–Kier alpha value is -2.18. The van der Waals surface area contributed by atoms with Crippen molar-refractivity contribution in [1.82, 2.24) is 4.90 Å². The smallest absolute Gasteiger partial charge is 0.269 e.